The number of rotatable bonds is 6. The van der Waals surface area contributed by atoms with Crippen molar-refractivity contribution in [1.82, 2.24) is 25.6 Å². The fraction of sp³-hybridized carbons (Fsp3) is 0.417. The van der Waals surface area contributed by atoms with Crippen LogP contribution in [0.4, 0.5) is 18.9 Å². The lowest BCUT2D eigenvalue weighted by molar-refractivity contribution is -0.145. The van der Waals surface area contributed by atoms with Gasteiger partial charge in [0.2, 0.25) is 5.82 Å². The monoisotopic (exact) mass is 518 g/mol. The van der Waals surface area contributed by atoms with Gasteiger partial charge in [-0.1, -0.05) is 0 Å². The minimum Gasteiger partial charge on any atom is -0.489 e. The number of nitrogens with one attached hydrogen (secondary N) is 2. The molecule has 190 valence electrons. The molecule has 1 unspecified atom stereocenters. The zero-order valence-corrected chi connectivity index (χ0v) is 20.5. The summed E-state index contributed by atoms with van der Waals surface area (Å²) in [4.78, 5) is 27.9. The Morgan fingerprint density at radius 3 is 2.61 bits per heavy atom. The van der Waals surface area contributed by atoms with E-state index < -0.39 is 18.0 Å². The first-order valence-electron chi connectivity index (χ1n) is 11.6. The number of benzene rings is 1. The lowest BCUT2D eigenvalue weighted by atomic mass is 10.00. The van der Waals surface area contributed by atoms with Crippen molar-refractivity contribution in [2.75, 3.05) is 37.7 Å². The second kappa shape index (κ2) is 9.66. The Kier molecular flexibility index (Phi) is 6.56. The molecule has 1 atom stereocenters. The van der Waals surface area contributed by atoms with E-state index in [2.05, 4.69) is 30.5 Å². The van der Waals surface area contributed by atoms with Gasteiger partial charge in [0.25, 0.3) is 5.91 Å². The van der Waals surface area contributed by atoms with Crippen LogP contribution in [0.2, 0.25) is 0 Å². The Morgan fingerprint density at radius 1 is 1.25 bits per heavy atom. The average Bonchev–Trinajstić information content (AvgIpc) is 3.26. The highest BCUT2D eigenvalue weighted by Gasteiger charge is 2.34. The number of aromatic nitrogens is 3. The summed E-state index contributed by atoms with van der Waals surface area (Å²) in [6.07, 6.45) is -0.673. The third-order valence-corrected chi connectivity index (χ3v) is 7.20. The van der Waals surface area contributed by atoms with E-state index in [0.29, 0.717) is 35.9 Å². The lowest BCUT2D eigenvalue weighted by Gasteiger charge is -2.38. The van der Waals surface area contributed by atoms with E-state index in [9.17, 15) is 18.0 Å². The van der Waals surface area contributed by atoms with Crippen molar-refractivity contribution in [2.45, 2.75) is 26.1 Å². The van der Waals surface area contributed by atoms with Gasteiger partial charge in [0.1, 0.15) is 11.6 Å². The molecule has 2 aromatic heterocycles. The van der Waals surface area contributed by atoms with Gasteiger partial charge in [-0.25, -0.2) is 15.0 Å². The van der Waals surface area contributed by atoms with Crippen LogP contribution in [0.3, 0.4) is 0 Å². The molecule has 8 nitrogen and oxygen atoms in total. The number of aryl methyl sites for hydroxylation is 1. The van der Waals surface area contributed by atoms with E-state index in [4.69, 9.17) is 4.74 Å². The molecule has 0 bridgehead atoms. The minimum atomic E-state index is -4.62. The number of nitrogens with zero attached hydrogens (tertiary/aromatic N) is 4. The van der Waals surface area contributed by atoms with Crippen molar-refractivity contribution in [3.05, 3.63) is 52.6 Å². The highest BCUT2D eigenvalue weighted by atomic mass is 32.1. The maximum absolute atomic E-state index is 13.3. The molecule has 2 aliphatic heterocycles. The van der Waals surface area contributed by atoms with Gasteiger partial charge in [0.05, 0.1) is 23.8 Å². The van der Waals surface area contributed by atoms with Gasteiger partial charge in [-0.15, -0.1) is 11.3 Å². The van der Waals surface area contributed by atoms with Gasteiger partial charge in [0, 0.05) is 60.1 Å². The van der Waals surface area contributed by atoms with Crippen LogP contribution in [-0.4, -0.2) is 53.6 Å². The van der Waals surface area contributed by atoms with Gasteiger partial charge < -0.3 is 20.3 Å². The third-order valence-electron chi connectivity index (χ3n) is 6.25. The van der Waals surface area contributed by atoms with Crippen LogP contribution in [0.25, 0.3) is 10.6 Å². The van der Waals surface area contributed by atoms with E-state index in [0.717, 1.165) is 53.2 Å². The molecule has 1 amide bonds. The normalized spacial score (nSPS) is 16.6. The first-order valence-corrected chi connectivity index (χ1v) is 12.4. The molecule has 2 aliphatic rings. The first-order chi connectivity index (χ1) is 17.2. The molecule has 1 aromatic carbocycles. The van der Waals surface area contributed by atoms with Crippen LogP contribution in [0, 0.1) is 12.8 Å². The maximum Gasteiger partial charge on any atom is 0.451 e. The minimum absolute atomic E-state index is 0.365. The summed E-state index contributed by atoms with van der Waals surface area (Å²) < 4.78 is 44.4. The number of ether oxygens (including phenoxy) is 1. The summed E-state index contributed by atoms with van der Waals surface area (Å²) in [5.41, 5.74) is 2.37. The quantitative estimate of drug-likeness (QED) is 0.512. The smallest absolute Gasteiger partial charge is 0.451 e. The summed E-state index contributed by atoms with van der Waals surface area (Å²) in [5.74, 6) is -0.345. The molecule has 3 aromatic rings. The number of hydrogen-bond donors (Lipinski definition) is 2. The van der Waals surface area contributed by atoms with Gasteiger partial charge in [-0.05, 0) is 26.0 Å². The second-order valence-electron chi connectivity index (χ2n) is 9.00. The molecule has 36 heavy (non-hydrogen) atoms. The summed E-state index contributed by atoms with van der Waals surface area (Å²) in [6.45, 7) is 7.66. The van der Waals surface area contributed by atoms with Gasteiger partial charge in [-0.2, -0.15) is 13.2 Å². The number of thiazole rings is 1. The zero-order chi connectivity index (χ0) is 25.4. The van der Waals surface area contributed by atoms with E-state index >= 15 is 0 Å². The number of amides is 1. The van der Waals surface area contributed by atoms with E-state index in [1.54, 1.807) is 19.2 Å². The molecular weight excluding hydrogens is 493 g/mol. The fourth-order valence-corrected chi connectivity index (χ4v) is 4.98. The third kappa shape index (κ3) is 5.00. The van der Waals surface area contributed by atoms with Gasteiger partial charge in [0.15, 0.2) is 5.75 Å². The molecule has 2 N–H and O–H groups in total. The maximum atomic E-state index is 13.3. The molecule has 0 saturated carbocycles. The Labute approximate surface area is 209 Å². The van der Waals surface area contributed by atoms with Crippen molar-refractivity contribution in [1.29, 1.82) is 0 Å². The Bertz CT molecular complexity index is 1260. The Morgan fingerprint density at radius 2 is 2.00 bits per heavy atom. The standard InChI is InChI=1S/C24H25F3N6O2S/c1-13-7-29-22(36-13)18-5-16(6-19-20(18)35-4-3-33(19)12-15-8-28-9-15)21(34)32-14(2)17-10-30-23(31-11-17)24(25,26)27/h5-7,10-11,14-15,28H,3-4,8-9,12H2,1-2H3,(H,32,34). The van der Waals surface area contributed by atoms with Gasteiger partial charge >= 0.3 is 6.18 Å². The molecule has 0 aliphatic carbocycles. The number of alkyl halides is 3. The molecule has 4 heterocycles. The number of halogens is 3. The summed E-state index contributed by atoms with van der Waals surface area (Å²) in [7, 11) is 0. The van der Waals surface area contributed by atoms with Crippen molar-refractivity contribution in [3.63, 3.8) is 0 Å². The number of hydrogen-bond acceptors (Lipinski definition) is 8. The van der Waals surface area contributed by atoms with Crippen molar-refractivity contribution in [3.8, 4) is 16.3 Å². The van der Waals surface area contributed by atoms with Gasteiger partial charge in [-0.3, -0.25) is 4.79 Å². The predicted octanol–water partition coefficient (Wildman–Crippen LogP) is 3.84. The predicted molar refractivity (Wildman–Crippen MR) is 129 cm³/mol. The topological polar surface area (TPSA) is 92.3 Å². The Hall–Kier alpha value is -3.25. The van der Waals surface area contributed by atoms with Crippen LogP contribution in [0.1, 0.15) is 39.6 Å². The van der Waals surface area contributed by atoms with E-state index in [1.165, 1.54) is 11.3 Å². The fourth-order valence-electron chi connectivity index (χ4n) is 4.20. The second-order valence-corrected chi connectivity index (χ2v) is 10.2. The summed E-state index contributed by atoms with van der Waals surface area (Å²) >= 11 is 1.52. The van der Waals surface area contributed by atoms with E-state index in [1.807, 2.05) is 13.0 Å². The highest BCUT2D eigenvalue weighted by Crippen LogP contribution is 2.43. The molecule has 0 spiro atoms. The molecule has 0 radical (unpaired) electrons. The van der Waals surface area contributed by atoms with Crippen LogP contribution in [0.15, 0.2) is 30.7 Å². The SMILES string of the molecule is Cc1cnc(-c2cc(C(=O)NC(C)c3cnc(C(F)(F)F)nc3)cc3c2OCCN3CC2CNC2)s1. The zero-order valence-electron chi connectivity index (χ0n) is 19.7. The highest BCUT2D eigenvalue weighted by molar-refractivity contribution is 7.15. The van der Waals surface area contributed by atoms with Crippen molar-refractivity contribution in [2.24, 2.45) is 5.92 Å². The van der Waals surface area contributed by atoms with Crippen LogP contribution < -0.4 is 20.3 Å². The lowest BCUT2D eigenvalue weighted by Crippen LogP contribution is -2.49. The number of fused-ring (bicyclic) bond motifs is 1. The Balaban J connectivity index is 1.44. The average molecular weight is 519 g/mol. The van der Waals surface area contributed by atoms with Crippen LogP contribution in [0.5, 0.6) is 5.75 Å². The molecule has 1 saturated heterocycles. The molecular formula is C24H25F3N6O2S. The van der Waals surface area contributed by atoms with Crippen LogP contribution in [-0.2, 0) is 6.18 Å². The summed E-state index contributed by atoms with van der Waals surface area (Å²) in [6, 6.07) is 2.97. The number of anilines is 1. The first kappa shape index (κ1) is 24.4. The number of carbonyl (C=O) groups excluding carboxylic acids is 1. The van der Waals surface area contributed by atoms with E-state index in [-0.39, 0.29) is 5.91 Å². The molecule has 5 rings (SSSR count). The largest absolute Gasteiger partial charge is 0.489 e. The summed E-state index contributed by atoms with van der Waals surface area (Å²) in [5, 5.41) is 6.90. The molecule has 1 fully saturated rings. The van der Waals surface area contributed by atoms with Crippen molar-refractivity contribution >= 4 is 22.9 Å². The molecule has 12 heteroatoms. The van der Waals surface area contributed by atoms with Crippen LogP contribution >= 0.6 is 11.3 Å². The number of carbonyl (C=O) groups is 1. The van der Waals surface area contributed by atoms with Crippen molar-refractivity contribution < 1.29 is 22.7 Å².